The Labute approximate surface area is 103 Å². The molecule has 0 N–H and O–H groups in total. The van der Waals surface area contributed by atoms with E-state index in [0.717, 1.165) is 0 Å². The van der Waals surface area contributed by atoms with Crippen LogP contribution >= 0.6 is 11.6 Å². The fourth-order valence-electron chi connectivity index (χ4n) is 1.48. The lowest BCUT2D eigenvalue weighted by Gasteiger charge is -2.13. The van der Waals surface area contributed by atoms with Crippen LogP contribution in [0.5, 0.6) is 0 Å². The third-order valence-electron chi connectivity index (χ3n) is 2.32. The van der Waals surface area contributed by atoms with Gasteiger partial charge in [-0.3, -0.25) is 10.1 Å². The van der Waals surface area contributed by atoms with E-state index >= 15 is 0 Å². The van der Waals surface area contributed by atoms with Crippen LogP contribution in [0.25, 0.3) is 0 Å². The van der Waals surface area contributed by atoms with Gasteiger partial charge in [0.1, 0.15) is 5.92 Å². The zero-order valence-electron chi connectivity index (χ0n) is 8.71. The molecule has 1 rings (SSSR count). The minimum absolute atomic E-state index is 0.451. The van der Waals surface area contributed by atoms with Gasteiger partial charge < -0.3 is 0 Å². The van der Waals surface area contributed by atoms with E-state index in [-0.39, 0.29) is 0 Å². The van der Waals surface area contributed by atoms with Crippen molar-refractivity contribution in [2.75, 3.05) is 6.54 Å². The van der Waals surface area contributed by atoms with Crippen molar-refractivity contribution in [3.63, 3.8) is 0 Å². The van der Waals surface area contributed by atoms with Crippen LogP contribution in [0.2, 0.25) is 5.02 Å². The lowest BCUT2D eigenvalue weighted by molar-refractivity contribution is -0.484. The predicted octanol–water partition coefficient (Wildman–Crippen LogP) is 2.36. The number of halogens is 1. The second-order valence-corrected chi connectivity index (χ2v) is 3.85. The number of hydrogen-bond acceptors (Lipinski definition) is 4. The van der Waals surface area contributed by atoms with Crippen LogP contribution in [-0.2, 0) is 0 Å². The minimum atomic E-state index is -1.04. The zero-order chi connectivity index (χ0) is 12.8. The molecular weight excluding hydrogens is 242 g/mol. The Bertz CT molecular complexity index is 473. The molecule has 0 saturated carbocycles. The molecule has 0 aliphatic carbocycles. The Morgan fingerprint density at radius 2 is 1.82 bits per heavy atom. The Kier molecular flexibility index (Phi) is 4.45. The van der Waals surface area contributed by atoms with Gasteiger partial charge in [-0.1, -0.05) is 23.7 Å². The van der Waals surface area contributed by atoms with E-state index in [9.17, 15) is 10.1 Å². The molecule has 1 aromatic carbocycles. The van der Waals surface area contributed by atoms with Crippen LogP contribution < -0.4 is 0 Å². The summed E-state index contributed by atoms with van der Waals surface area (Å²) in [7, 11) is 0. The fraction of sp³-hybridized carbons (Fsp3) is 0.273. The van der Waals surface area contributed by atoms with Crippen LogP contribution in [0.1, 0.15) is 11.5 Å². The zero-order valence-corrected chi connectivity index (χ0v) is 9.46. The summed E-state index contributed by atoms with van der Waals surface area (Å²) in [6.45, 7) is -0.451. The summed E-state index contributed by atoms with van der Waals surface area (Å²) in [5.41, 5.74) is 0.569. The van der Waals surface area contributed by atoms with Crippen molar-refractivity contribution in [2.45, 2.75) is 5.92 Å². The van der Waals surface area contributed by atoms with Gasteiger partial charge in [-0.2, -0.15) is 10.5 Å². The Hall–Kier alpha value is -2.11. The number of nitriles is 2. The maximum absolute atomic E-state index is 10.5. The first kappa shape index (κ1) is 13.0. The molecule has 0 amide bonds. The summed E-state index contributed by atoms with van der Waals surface area (Å²) < 4.78 is 0. The molecule has 0 spiro atoms. The average molecular weight is 250 g/mol. The smallest absolute Gasteiger partial charge is 0.212 e. The molecule has 0 unspecified atom stereocenters. The van der Waals surface area contributed by atoms with Crippen LogP contribution in [0.15, 0.2) is 24.3 Å². The van der Waals surface area contributed by atoms with Crippen molar-refractivity contribution in [2.24, 2.45) is 5.92 Å². The van der Waals surface area contributed by atoms with Crippen LogP contribution in [0.3, 0.4) is 0 Å². The quantitative estimate of drug-likeness (QED) is 0.605. The van der Waals surface area contributed by atoms with E-state index in [2.05, 4.69) is 0 Å². The van der Waals surface area contributed by atoms with E-state index in [1.54, 1.807) is 36.4 Å². The Morgan fingerprint density at radius 3 is 2.24 bits per heavy atom. The molecule has 1 atom stereocenters. The third kappa shape index (κ3) is 3.44. The monoisotopic (exact) mass is 249 g/mol. The molecule has 0 heterocycles. The Morgan fingerprint density at radius 1 is 1.29 bits per heavy atom. The highest BCUT2D eigenvalue weighted by Crippen LogP contribution is 2.25. The minimum Gasteiger partial charge on any atom is -0.265 e. The van der Waals surface area contributed by atoms with Crippen molar-refractivity contribution >= 4 is 11.6 Å². The molecule has 0 aliphatic heterocycles. The van der Waals surface area contributed by atoms with Gasteiger partial charge in [-0.05, 0) is 17.7 Å². The highest BCUT2D eigenvalue weighted by atomic mass is 35.5. The molecule has 0 radical (unpaired) electrons. The summed E-state index contributed by atoms with van der Waals surface area (Å²) in [5.74, 6) is -1.78. The average Bonchev–Trinajstić information content (AvgIpc) is 2.30. The van der Waals surface area contributed by atoms with Gasteiger partial charge in [-0.15, -0.1) is 0 Å². The van der Waals surface area contributed by atoms with Crippen molar-refractivity contribution < 1.29 is 4.92 Å². The number of hydrogen-bond donors (Lipinski definition) is 0. The fourth-order valence-corrected chi connectivity index (χ4v) is 1.61. The molecule has 0 saturated heterocycles. The SMILES string of the molecule is N#CC(C#N)[C@@H](C[N+](=O)[O-])c1ccc(Cl)cc1. The van der Waals surface area contributed by atoms with Gasteiger partial charge in [0.25, 0.3) is 0 Å². The standard InChI is InChI=1S/C11H8ClN3O2/c12-10-3-1-8(2-4-10)11(7-15(16)17)9(5-13)6-14/h1-4,9,11H,7H2/t11-/m0/s1. The third-order valence-corrected chi connectivity index (χ3v) is 2.58. The first-order valence-electron chi connectivity index (χ1n) is 4.75. The molecule has 86 valence electrons. The van der Waals surface area contributed by atoms with Crippen molar-refractivity contribution in [3.05, 3.63) is 45.0 Å². The number of nitrogens with zero attached hydrogens (tertiary/aromatic N) is 3. The highest BCUT2D eigenvalue weighted by molar-refractivity contribution is 6.30. The number of rotatable bonds is 4. The molecule has 1 aromatic rings. The van der Waals surface area contributed by atoms with Crippen LogP contribution in [0.4, 0.5) is 0 Å². The first-order chi connectivity index (χ1) is 8.08. The molecule has 0 fully saturated rings. The van der Waals surface area contributed by atoms with Gasteiger partial charge in [0, 0.05) is 9.95 Å². The van der Waals surface area contributed by atoms with E-state index in [0.29, 0.717) is 10.6 Å². The van der Waals surface area contributed by atoms with E-state index in [1.165, 1.54) is 0 Å². The van der Waals surface area contributed by atoms with Gasteiger partial charge in [-0.25, -0.2) is 0 Å². The number of benzene rings is 1. The molecule has 0 bridgehead atoms. The maximum Gasteiger partial charge on any atom is 0.212 e. The second-order valence-electron chi connectivity index (χ2n) is 3.41. The second kappa shape index (κ2) is 5.83. The predicted molar refractivity (Wildman–Crippen MR) is 60.8 cm³/mol. The topological polar surface area (TPSA) is 90.7 Å². The first-order valence-corrected chi connectivity index (χ1v) is 5.12. The lowest BCUT2D eigenvalue weighted by atomic mass is 9.88. The summed E-state index contributed by atoms with van der Waals surface area (Å²) in [6.07, 6.45) is 0. The highest BCUT2D eigenvalue weighted by Gasteiger charge is 2.27. The summed E-state index contributed by atoms with van der Waals surface area (Å²) in [4.78, 5) is 10.0. The van der Waals surface area contributed by atoms with Gasteiger partial charge in [0.15, 0.2) is 0 Å². The van der Waals surface area contributed by atoms with Crippen LogP contribution in [0, 0.1) is 38.7 Å². The molecule has 6 heteroatoms. The van der Waals surface area contributed by atoms with E-state index in [1.807, 2.05) is 0 Å². The van der Waals surface area contributed by atoms with Gasteiger partial charge in [0.05, 0.1) is 18.1 Å². The van der Waals surface area contributed by atoms with Gasteiger partial charge in [0.2, 0.25) is 6.54 Å². The molecule has 17 heavy (non-hydrogen) atoms. The lowest BCUT2D eigenvalue weighted by Crippen LogP contribution is -2.19. The van der Waals surface area contributed by atoms with Crippen LogP contribution in [-0.4, -0.2) is 11.5 Å². The van der Waals surface area contributed by atoms with E-state index < -0.39 is 23.3 Å². The van der Waals surface area contributed by atoms with Crippen molar-refractivity contribution in [3.8, 4) is 12.1 Å². The van der Waals surface area contributed by atoms with Gasteiger partial charge >= 0.3 is 0 Å². The van der Waals surface area contributed by atoms with E-state index in [4.69, 9.17) is 22.1 Å². The molecular formula is C11H8ClN3O2. The normalized spacial score (nSPS) is 11.5. The van der Waals surface area contributed by atoms with Crippen molar-refractivity contribution in [1.82, 2.24) is 0 Å². The summed E-state index contributed by atoms with van der Waals surface area (Å²) >= 11 is 5.71. The largest absolute Gasteiger partial charge is 0.265 e. The molecule has 0 aliphatic rings. The Balaban J connectivity index is 3.06. The molecule has 5 nitrogen and oxygen atoms in total. The maximum atomic E-state index is 10.5. The summed E-state index contributed by atoms with van der Waals surface area (Å²) in [5, 5.41) is 28.7. The van der Waals surface area contributed by atoms with Crippen molar-refractivity contribution in [1.29, 1.82) is 10.5 Å². The number of nitro groups is 1. The molecule has 0 aromatic heterocycles. The summed E-state index contributed by atoms with van der Waals surface area (Å²) in [6, 6.07) is 9.89.